The predicted octanol–water partition coefficient (Wildman–Crippen LogP) is 2.94. The molecule has 0 unspecified atom stereocenters. The summed E-state index contributed by atoms with van der Waals surface area (Å²) in [5.41, 5.74) is 5.46. The van der Waals surface area contributed by atoms with Crippen molar-refractivity contribution in [1.29, 1.82) is 0 Å². The van der Waals surface area contributed by atoms with Crippen LogP contribution in [0.5, 0.6) is 0 Å². The van der Waals surface area contributed by atoms with Gasteiger partial charge in [-0.1, -0.05) is 0 Å². The molecule has 0 atom stereocenters. The van der Waals surface area contributed by atoms with Crippen molar-refractivity contribution in [3.8, 4) is 0 Å². The van der Waals surface area contributed by atoms with Gasteiger partial charge in [0.2, 0.25) is 0 Å². The van der Waals surface area contributed by atoms with Crippen LogP contribution in [0, 0.1) is 0 Å². The van der Waals surface area contributed by atoms with Gasteiger partial charge in [-0.25, -0.2) is 0 Å². The molecule has 1 aromatic heterocycles. The summed E-state index contributed by atoms with van der Waals surface area (Å²) in [6.45, 7) is 2.90. The molecule has 1 aliphatic rings. The van der Waals surface area contributed by atoms with Crippen LogP contribution in [0.25, 0.3) is 0 Å². The normalized spacial score (nSPS) is 12.3. The zero-order chi connectivity index (χ0) is 13.2. The molecule has 1 aliphatic heterocycles. The van der Waals surface area contributed by atoms with Crippen LogP contribution >= 0.6 is 0 Å². The van der Waals surface area contributed by atoms with Crippen LogP contribution in [0.2, 0.25) is 0 Å². The summed E-state index contributed by atoms with van der Waals surface area (Å²) in [5, 5.41) is 7.90. The van der Waals surface area contributed by atoms with Gasteiger partial charge in [0.25, 0.3) is 0 Å². The Bertz CT molecular complexity index is 682. The summed E-state index contributed by atoms with van der Waals surface area (Å²) in [6, 6.07) is 6.09. The SMILES string of the molecule is CCc1nn(C)cc1CNc1cccc2c1N=[Se]=N2. The maximum absolute atomic E-state index is 4.47. The van der Waals surface area contributed by atoms with Gasteiger partial charge in [-0.15, -0.1) is 0 Å². The first-order chi connectivity index (χ1) is 9.28. The van der Waals surface area contributed by atoms with E-state index in [9.17, 15) is 0 Å². The summed E-state index contributed by atoms with van der Waals surface area (Å²) in [6.07, 6.45) is 3.02. The van der Waals surface area contributed by atoms with Gasteiger partial charge in [0.1, 0.15) is 0 Å². The van der Waals surface area contributed by atoms with Gasteiger partial charge >= 0.3 is 117 Å². The molecule has 0 radical (unpaired) electrons. The fourth-order valence-corrected chi connectivity index (χ4v) is 3.32. The van der Waals surface area contributed by atoms with Crippen LogP contribution in [0.3, 0.4) is 0 Å². The van der Waals surface area contributed by atoms with Crippen LogP contribution in [-0.2, 0) is 20.0 Å². The number of hydrogen-bond donors (Lipinski definition) is 1. The summed E-state index contributed by atoms with van der Waals surface area (Å²) >= 11 is 0.0169. The summed E-state index contributed by atoms with van der Waals surface area (Å²) in [5.74, 6) is 0. The molecule has 0 fully saturated rings. The summed E-state index contributed by atoms with van der Waals surface area (Å²) < 4.78 is 10.7. The van der Waals surface area contributed by atoms with E-state index in [2.05, 4.69) is 37.5 Å². The number of benzene rings is 1. The van der Waals surface area contributed by atoms with Crippen LogP contribution < -0.4 is 5.32 Å². The van der Waals surface area contributed by atoms with E-state index in [1.54, 1.807) is 0 Å². The Hall–Kier alpha value is -1.65. The molecule has 0 aliphatic carbocycles. The van der Waals surface area contributed by atoms with Crippen LogP contribution in [-0.4, -0.2) is 24.3 Å². The molecule has 3 rings (SSSR count). The van der Waals surface area contributed by atoms with E-state index in [0.717, 1.165) is 35.7 Å². The molecule has 2 aromatic rings. The predicted molar refractivity (Wildman–Crippen MR) is 76.3 cm³/mol. The van der Waals surface area contributed by atoms with Gasteiger partial charge in [0, 0.05) is 0 Å². The third-order valence-corrected chi connectivity index (χ3v) is 4.22. The zero-order valence-electron chi connectivity index (χ0n) is 10.9. The fraction of sp³-hybridized carbons (Fsp3) is 0.308. The van der Waals surface area contributed by atoms with Crippen molar-refractivity contribution in [3.05, 3.63) is 35.7 Å². The second kappa shape index (κ2) is 5.15. The average Bonchev–Trinajstić information content (AvgIpc) is 3.02. The molecular formula is C13H15N5Se. The Morgan fingerprint density at radius 1 is 1.32 bits per heavy atom. The molecule has 0 saturated heterocycles. The molecule has 6 heteroatoms. The second-order valence-electron chi connectivity index (χ2n) is 4.42. The Kier molecular flexibility index (Phi) is 3.36. The van der Waals surface area contributed by atoms with Crippen LogP contribution in [0.1, 0.15) is 18.2 Å². The maximum atomic E-state index is 4.47. The number of fused-ring (bicyclic) bond motifs is 1. The van der Waals surface area contributed by atoms with E-state index >= 15 is 0 Å². The first-order valence-electron chi connectivity index (χ1n) is 6.24. The van der Waals surface area contributed by atoms with Gasteiger partial charge in [0.05, 0.1) is 0 Å². The van der Waals surface area contributed by atoms with Crippen molar-refractivity contribution in [2.24, 2.45) is 15.0 Å². The molecule has 0 bridgehead atoms. The van der Waals surface area contributed by atoms with E-state index in [0.29, 0.717) is 0 Å². The Morgan fingerprint density at radius 2 is 2.21 bits per heavy atom. The average molecular weight is 320 g/mol. The molecule has 0 amide bonds. The molecular weight excluding hydrogens is 305 g/mol. The van der Waals surface area contributed by atoms with Gasteiger partial charge in [-0.05, 0) is 0 Å². The van der Waals surface area contributed by atoms with E-state index in [1.165, 1.54) is 5.56 Å². The Labute approximate surface area is 117 Å². The van der Waals surface area contributed by atoms with Gasteiger partial charge in [-0.2, -0.15) is 0 Å². The minimum atomic E-state index is 0.0169. The third kappa shape index (κ3) is 2.41. The molecule has 1 aromatic carbocycles. The zero-order valence-corrected chi connectivity index (χ0v) is 12.6. The molecule has 0 saturated carbocycles. The van der Waals surface area contributed by atoms with E-state index in [-0.39, 0.29) is 14.6 Å². The summed E-state index contributed by atoms with van der Waals surface area (Å²) in [7, 11) is 1.96. The van der Waals surface area contributed by atoms with E-state index in [1.807, 2.05) is 23.9 Å². The van der Waals surface area contributed by atoms with Crippen molar-refractivity contribution in [2.75, 3.05) is 5.32 Å². The quantitative estimate of drug-likeness (QED) is 0.752. The number of hydrogen-bond acceptors (Lipinski definition) is 4. The molecule has 1 N–H and O–H groups in total. The standard InChI is InChI=1S/C13H15N5Se/c1-3-10-9(8-18(2)15-10)7-14-11-5-4-6-12-13(11)17-19-16-12/h4-6,8,14H,3,7H2,1-2H3. The van der Waals surface area contributed by atoms with E-state index < -0.39 is 0 Å². The van der Waals surface area contributed by atoms with Crippen molar-refractivity contribution >= 4 is 31.6 Å². The molecule has 2 heterocycles. The van der Waals surface area contributed by atoms with Crippen molar-refractivity contribution < 1.29 is 0 Å². The van der Waals surface area contributed by atoms with Gasteiger partial charge in [-0.3, -0.25) is 0 Å². The Balaban J connectivity index is 1.80. The number of aromatic nitrogens is 2. The van der Waals surface area contributed by atoms with Crippen molar-refractivity contribution in [1.82, 2.24) is 9.78 Å². The van der Waals surface area contributed by atoms with Crippen LogP contribution in [0.4, 0.5) is 17.1 Å². The topological polar surface area (TPSA) is 54.6 Å². The van der Waals surface area contributed by atoms with E-state index in [4.69, 9.17) is 0 Å². The second-order valence-corrected chi connectivity index (χ2v) is 5.53. The van der Waals surface area contributed by atoms with Crippen LogP contribution in [0.15, 0.2) is 32.3 Å². The van der Waals surface area contributed by atoms with Gasteiger partial charge < -0.3 is 0 Å². The number of rotatable bonds is 4. The molecule has 0 spiro atoms. The van der Waals surface area contributed by atoms with Crippen molar-refractivity contribution in [3.63, 3.8) is 0 Å². The molecule has 5 nitrogen and oxygen atoms in total. The van der Waals surface area contributed by atoms with Crippen molar-refractivity contribution in [2.45, 2.75) is 19.9 Å². The third-order valence-electron chi connectivity index (χ3n) is 3.08. The first kappa shape index (κ1) is 12.4. The molecule has 19 heavy (non-hydrogen) atoms. The number of aryl methyl sites for hydroxylation is 2. The number of nitrogens with one attached hydrogen (secondary N) is 1. The Morgan fingerprint density at radius 3 is 3.05 bits per heavy atom. The number of anilines is 1. The minimum absolute atomic E-state index is 0.0169. The fourth-order valence-electron chi connectivity index (χ4n) is 2.17. The molecule has 98 valence electrons. The monoisotopic (exact) mass is 321 g/mol. The number of nitrogens with zero attached hydrogens (tertiary/aromatic N) is 4. The summed E-state index contributed by atoms with van der Waals surface area (Å²) in [4.78, 5) is 0. The van der Waals surface area contributed by atoms with Gasteiger partial charge in [0.15, 0.2) is 0 Å². The first-order valence-corrected chi connectivity index (χ1v) is 7.77.